The highest BCUT2D eigenvalue weighted by atomic mass is 127. The van der Waals surface area contributed by atoms with Gasteiger partial charge in [-0.25, -0.2) is 0 Å². The maximum absolute atomic E-state index is 13.0. The fourth-order valence-corrected chi connectivity index (χ4v) is 2.55. The van der Waals surface area contributed by atoms with Gasteiger partial charge in [0.05, 0.1) is 11.6 Å². The van der Waals surface area contributed by atoms with Crippen molar-refractivity contribution in [1.82, 2.24) is 20.4 Å². The standard InChI is InChI=1S/C17H19F6N5.HI/c1-10(11-5-4-6-13(7-11)16(18,19)20)26-15(24-2)25-8-12-9-28(3)27-14(12)17(21,22)23;/h4-7,9-10H,8H2,1-3H3,(H2,24,25,26);1H. The van der Waals surface area contributed by atoms with Crippen LogP contribution in [0, 0.1) is 0 Å². The zero-order chi connectivity index (χ0) is 21.1. The number of aliphatic imine (C=N–C) groups is 1. The molecule has 1 atom stereocenters. The lowest BCUT2D eigenvalue weighted by atomic mass is 10.1. The van der Waals surface area contributed by atoms with Crippen molar-refractivity contribution < 1.29 is 26.3 Å². The molecule has 162 valence electrons. The van der Waals surface area contributed by atoms with Crippen LogP contribution in [0.1, 0.15) is 35.3 Å². The molecule has 0 radical (unpaired) electrons. The van der Waals surface area contributed by atoms with Crippen LogP contribution in [0.15, 0.2) is 35.5 Å². The number of aryl methyl sites for hydroxylation is 1. The first-order chi connectivity index (χ1) is 12.9. The van der Waals surface area contributed by atoms with E-state index in [0.717, 1.165) is 16.8 Å². The molecule has 0 aliphatic rings. The second-order valence-corrected chi connectivity index (χ2v) is 6.09. The Balaban J connectivity index is 0.00000420. The predicted molar refractivity (Wildman–Crippen MR) is 107 cm³/mol. The van der Waals surface area contributed by atoms with Crippen molar-refractivity contribution in [3.63, 3.8) is 0 Å². The van der Waals surface area contributed by atoms with E-state index in [0.29, 0.717) is 5.56 Å². The van der Waals surface area contributed by atoms with Crippen molar-refractivity contribution in [3.05, 3.63) is 52.8 Å². The van der Waals surface area contributed by atoms with E-state index in [1.807, 2.05) is 0 Å². The third-order valence-corrected chi connectivity index (χ3v) is 3.91. The maximum Gasteiger partial charge on any atom is 0.435 e. The van der Waals surface area contributed by atoms with Crippen molar-refractivity contribution >= 4 is 29.9 Å². The molecule has 2 aromatic rings. The molecule has 0 saturated heterocycles. The Morgan fingerprint density at radius 3 is 2.38 bits per heavy atom. The summed E-state index contributed by atoms with van der Waals surface area (Å²) in [6.45, 7) is 1.41. The molecule has 2 rings (SSSR count). The minimum Gasteiger partial charge on any atom is -0.352 e. The van der Waals surface area contributed by atoms with Crippen LogP contribution in [-0.4, -0.2) is 22.8 Å². The number of benzene rings is 1. The number of nitrogens with one attached hydrogen (secondary N) is 2. The molecule has 0 aliphatic heterocycles. The van der Waals surface area contributed by atoms with Gasteiger partial charge < -0.3 is 10.6 Å². The molecule has 1 aromatic carbocycles. The van der Waals surface area contributed by atoms with E-state index < -0.39 is 29.7 Å². The van der Waals surface area contributed by atoms with Gasteiger partial charge in [0.1, 0.15) is 0 Å². The first-order valence-electron chi connectivity index (χ1n) is 8.16. The zero-order valence-corrected chi connectivity index (χ0v) is 18.0. The van der Waals surface area contributed by atoms with Crippen LogP contribution in [-0.2, 0) is 25.9 Å². The summed E-state index contributed by atoms with van der Waals surface area (Å²) in [7, 11) is 2.78. The van der Waals surface area contributed by atoms with Crippen LogP contribution >= 0.6 is 24.0 Å². The summed E-state index contributed by atoms with van der Waals surface area (Å²) < 4.78 is 78.6. The smallest absolute Gasteiger partial charge is 0.352 e. The Kier molecular flexibility index (Phi) is 8.35. The van der Waals surface area contributed by atoms with E-state index in [1.165, 1.54) is 32.4 Å². The zero-order valence-electron chi connectivity index (χ0n) is 15.7. The molecule has 1 unspecified atom stereocenters. The second kappa shape index (κ2) is 9.67. The van der Waals surface area contributed by atoms with Crippen LogP contribution in [0.25, 0.3) is 0 Å². The summed E-state index contributed by atoms with van der Waals surface area (Å²) in [4.78, 5) is 3.90. The van der Waals surface area contributed by atoms with Gasteiger partial charge in [-0.3, -0.25) is 9.67 Å². The van der Waals surface area contributed by atoms with E-state index in [9.17, 15) is 26.3 Å². The lowest BCUT2D eigenvalue weighted by molar-refractivity contribution is -0.142. The SMILES string of the molecule is CN=C(NCc1cn(C)nc1C(F)(F)F)NC(C)c1cccc(C(F)(F)F)c1.I. The Labute approximate surface area is 180 Å². The van der Waals surface area contributed by atoms with E-state index in [2.05, 4.69) is 20.7 Å². The van der Waals surface area contributed by atoms with Crippen LogP contribution in [0.2, 0.25) is 0 Å². The molecule has 29 heavy (non-hydrogen) atoms. The lowest BCUT2D eigenvalue weighted by Gasteiger charge is -2.19. The molecule has 0 bridgehead atoms. The number of guanidine groups is 1. The van der Waals surface area contributed by atoms with Gasteiger partial charge in [0, 0.05) is 32.4 Å². The van der Waals surface area contributed by atoms with E-state index in [-0.39, 0.29) is 42.0 Å². The number of nitrogens with zero attached hydrogens (tertiary/aromatic N) is 3. The minimum absolute atomic E-state index is 0. The average molecular weight is 535 g/mol. The van der Waals surface area contributed by atoms with Crippen LogP contribution in [0.4, 0.5) is 26.3 Å². The molecule has 2 N–H and O–H groups in total. The molecule has 5 nitrogen and oxygen atoms in total. The van der Waals surface area contributed by atoms with Crippen LogP contribution in [0.5, 0.6) is 0 Å². The molecule has 1 heterocycles. The van der Waals surface area contributed by atoms with Gasteiger partial charge in [-0.15, -0.1) is 24.0 Å². The topological polar surface area (TPSA) is 54.2 Å². The third-order valence-electron chi connectivity index (χ3n) is 3.91. The third kappa shape index (κ3) is 6.78. The van der Waals surface area contributed by atoms with Crippen molar-refractivity contribution in [1.29, 1.82) is 0 Å². The predicted octanol–water partition coefficient (Wildman–Crippen LogP) is 4.50. The fraction of sp³-hybridized carbons (Fsp3) is 0.412. The number of rotatable bonds is 4. The van der Waals surface area contributed by atoms with Crippen molar-refractivity contribution in [2.75, 3.05) is 7.05 Å². The first kappa shape index (κ1) is 25.0. The van der Waals surface area contributed by atoms with Gasteiger partial charge in [-0.2, -0.15) is 31.4 Å². The summed E-state index contributed by atoms with van der Waals surface area (Å²) in [5, 5.41) is 8.99. The van der Waals surface area contributed by atoms with Gasteiger partial charge in [-0.1, -0.05) is 12.1 Å². The average Bonchev–Trinajstić information content (AvgIpc) is 2.99. The molecule has 12 heteroatoms. The molecule has 0 aliphatic carbocycles. The molecule has 0 fully saturated rings. The Morgan fingerprint density at radius 1 is 1.17 bits per heavy atom. The molecular weight excluding hydrogens is 515 g/mol. The minimum atomic E-state index is -4.60. The van der Waals surface area contributed by atoms with E-state index in [4.69, 9.17) is 0 Å². The van der Waals surface area contributed by atoms with Gasteiger partial charge in [0.2, 0.25) is 0 Å². The lowest BCUT2D eigenvalue weighted by Crippen LogP contribution is -2.38. The summed E-state index contributed by atoms with van der Waals surface area (Å²) in [5.74, 6) is 0.141. The Bertz CT molecular complexity index is 844. The molecule has 1 aromatic heterocycles. The summed E-state index contributed by atoms with van der Waals surface area (Å²) in [6, 6.07) is 4.21. The van der Waals surface area contributed by atoms with Gasteiger partial charge in [0.25, 0.3) is 0 Å². The monoisotopic (exact) mass is 535 g/mol. The Morgan fingerprint density at radius 2 is 1.83 bits per heavy atom. The highest BCUT2D eigenvalue weighted by Gasteiger charge is 2.36. The van der Waals surface area contributed by atoms with Crippen molar-refractivity contribution in [3.8, 4) is 0 Å². The number of alkyl halides is 6. The van der Waals surface area contributed by atoms with Crippen molar-refractivity contribution in [2.45, 2.75) is 31.9 Å². The quantitative estimate of drug-likeness (QED) is 0.263. The molecular formula is C17H20F6IN5. The van der Waals surface area contributed by atoms with E-state index in [1.54, 1.807) is 6.92 Å². The largest absolute Gasteiger partial charge is 0.435 e. The second-order valence-electron chi connectivity index (χ2n) is 6.09. The van der Waals surface area contributed by atoms with Crippen LogP contribution < -0.4 is 10.6 Å². The van der Waals surface area contributed by atoms with Crippen molar-refractivity contribution in [2.24, 2.45) is 12.0 Å². The highest BCUT2D eigenvalue weighted by molar-refractivity contribution is 14.0. The number of aromatic nitrogens is 2. The highest BCUT2D eigenvalue weighted by Crippen LogP contribution is 2.31. The fourth-order valence-electron chi connectivity index (χ4n) is 2.55. The summed E-state index contributed by atoms with van der Waals surface area (Å²) in [6.07, 6.45) is -7.83. The molecule has 0 amide bonds. The van der Waals surface area contributed by atoms with Gasteiger partial charge >= 0.3 is 12.4 Å². The number of halogens is 7. The van der Waals surface area contributed by atoms with Crippen LogP contribution in [0.3, 0.4) is 0 Å². The molecule has 0 spiro atoms. The first-order valence-corrected chi connectivity index (χ1v) is 8.16. The Hall–Kier alpha value is -1.99. The van der Waals surface area contributed by atoms with Gasteiger partial charge in [-0.05, 0) is 24.6 Å². The van der Waals surface area contributed by atoms with Gasteiger partial charge in [0.15, 0.2) is 11.7 Å². The normalized spacial score (nSPS) is 13.6. The van der Waals surface area contributed by atoms with E-state index >= 15 is 0 Å². The maximum atomic E-state index is 13.0. The molecule has 0 saturated carbocycles. The number of hydrogen-bond acceptors (Lipinski definition) is 2. The summed E-state index contributed by atoms with van der Waals surface area (Å²) >= 11 is 0. The summed E-state index contributed by atoms with van der Waals surface area (Å²) in [5.41, 5.74) is -1.52. The number of hydrogen-bond donors (Lipinski definition) is 2.